The van der Waals surface area contributed by atoms with Gasteiger partial charge in [0, 0.05) is 18.3 Å². The number of carbonyl (C=O) groups excluding carboxylic acids is 1. The van der Waals surface area contributed by atoms with E-state index in [2.05, 4.69) is 4.98 Å². The van der Waals surface area contributed by atoms with Gasteiger partial charge in [0.15, 0.2) is 0 Å². The van der Waals surface area contributed by atoms with Crippen LogP contribution in [-0.4, -0.2) is 17.9 Å². The first-order valence-electron chi connectivity index (χ1n) is 6.30. The molecule has 0 aliphatic rings. The van der Waals surface area contributed by atoms with Crippen LogP contribution in [0, 0.1) is 6.92 Å². The predicted molar refractivity (Wildman–Crippen MR) is 80.5 cm³/mol. The van der Waals surface area contributed by atoms with E-state index in [1.807, 2.05) is 37.1 Å². The molecule has 0 radical (unpaired) electrons. The second-order valence-electron chi connectivity index (χ2n) is 4.76. The van der Waals surface area contributed by atoms with Gasteiger partial charge in [0.25, 0.3) is 0 Å². The maximum absolute atomic E-state index is 11.1. The maximum atomic E-state index is 11.1. The molecule has 0 aliphatic carbocycles. The van der Waals surface area contributed by atoms with Crippen molar-refractivity contribution in [2.24, 2.45) is 5.73 Å². The first-order valence-corrected chi connectivity index (χ1v) is 6.30. The normalized spacial score (nSPS) is 10.3. The summed E-state index contributed by atoms with van der Waals surface area (Å²) in [6.45, 7) is 2.60. The lowest BCUT2D eigenvalue weighted by atomic mass is 10.1. The smallest absolute Gasteiger partial charge is 0.248 e. The summed E-state index contributed by atoms with van der Waals surface area (Å²) >= 11 is 0. The third-order valence-corrected chi connectivity index (χ3v) is 3.07. The van der Waals surface area contributed by atoms with E-state index in [9.17, 15) is 4.79 Å². The molecular weight excluding hydrogens is 252 g/mol. The largest absolute Gasteiger partial charge is 0.397 e. The summed E-state index contributed by atoms with van der Waals surface area (Å²) in [5.74, 6) is -0.480. The van der Waals surface area contributed by atoms with E-state index in [0.717, 1.165) is 17.1 Å². The van der Waals surface area contributed by atoms with Crippen LogP contribution in [0.15, 0.2) is 36.4 Å². The van der Waals surface area contributed by atoms with E-state index >= 15 is 0 Å². The number of hydrogen-bond donors (Lipinski definition) is 2. The highest BCUT2D eigenvalue weighted by Gasteiger charge is 2.09. The van der Waals surface area contributed by atoms with Crippen LogP contribution in [0.5, 0.6) is 0 Å². The lowest BCUT2D eigenvalue weighted by molar-refractivity contribution is 0.100. The Morgan fingerprint density at radius 2 is 2.05 bits per heavy atom. The van der Waals surface area contributed by atoms with Gasteiger partial charge >= 0.3 is 0 Å². The van der Waals surface area contributed by atoms with Gasteiger partial charge in [-0.3, -0.25) is 9.78 Å². The van der Waals surface area contributed by atoms with Gasteiger partial charge in [0.1, 0.15) is 0 Å². The molecule has 2 rings (SSSR count). The zero-order valence-electron chi connectivity index (χ0n) is 11.6. The molecule has 1 heterocycles. The fourth-order valence-electron chi connectivity index (χ4n) is 2.07. The molecule has 0 spiro atoms. The Morgan fingerprint density at radius 1 is 1.30 bits per heavy atom. The number of hydrogen-bond acceptors (Lipinski definition) is 4. The topological polar surface area (TPSA) is 85.2 Å². The predicted octanol–water partition coefficient (Wildman–Crippen LogP) is 1.71. The molecule has 1 aromatic carbocycles. The summed E-state index contributed by atoms with van der Waals surface area (Å²) in [5, 5.41) is 0. The quantitative estimate of drug-likeness (QED) is 0.828. The molecule has 2 aromatic rings. The zero-order valence-corrected chi connectivity index (χ0v) is 11.6. The van der Waals surface area contributed by atoms with E-state index in [4.69, 9.17) is 11.5 Å². The minimum atomic E-state index is -0.480. The van der Waals surface area contributed by atoms with Crippen LogP contribution in [0.2, 0.25) is 0 Å². The fraction of sp³-hybridized carbons (Fsp3) is 0.200. The number of amides is 1. The van der Waals surface area contributed by atoms with Crippen LogP contribution >= 0.6 is 0 Å². The molecule has 4 N–H and O–H groups in total. The first kappa shape index (κ1) is 13.9. The van der Waals surface area contributed by atoms with Crippen molar-refractivity contribution in [1.82, 2.24) is 4.98 Å². The number of nitrogens with two attached hydrogens (primary N) is 2. The third kappa shape index (κ3) is 3.06. The van der Waals surface area contributed by atoms with Crippen molar-refractivity contribution in [2.75, 3.05) is 17.7 Å². The van der Waals surface area contributed by atoms with Crippen molar-refractivity contribution in [3.63, 3.8) is 0 Å². The Hall–Kier alpha value is -2.56. The van der Waals surface area contributed by atoms with Crippen molar-refractivity contribution >= 4 is 17.3 Å². The number of pyridine rings is 1. The number of rotatable bonds is 4. The molecular formula is C15H18N4O. The van der Waals surface area contributed by atoms with Crippen LogP contribution in [0.1, 0.15) is 21.7 Å². The van der Waals surface area contributed by atoms with Gasteiger partial charge in [-0.25, -0.2) is 0 Å². The fourth-order valence-corrected chi connectivity index (χ4v) is 2.07. The molecule has 0 saturated carbocycles. The van der Waals surface area contributed by atoms with E-state index in [1.165, 1.54) is 0 Å². The molecule has 20 heavy (non-hydrogen) atoms. The minimum absolute atomic E-state index is 0.410. The molecule has 1 amide bonds. The highest BCUT2D eigenvalue weighted by atomic mass is 16.1. The Labute approximate surface area is 118 Å². The van der Waals surface area contributed by atoms with Gasteiger partial charge in [-0.05, 0) is 37.3 Å². The molecule has 0 fully saturated rings. The molecule has 0 bridgehead atoms. The summed E-state index contributed by atoms with van der Waals surface area (Å²) < 4.78 is 0. The minimum Gasteiger partial charge on any atom is -0.397 e. The molecule has 0 unspecified atom stereocenters. The van der Waals surface area contributed by atoms with E-state index in [-0.39, 0.29) is 0 Å². The Morgan fingerprint density at radius 3 is 2.65 bits per heavy atom. The Kier molecular flexibility index (Phi) is 3.89. The Bertz CT molecular complexity index is 640. The summed E-state index contributed by atoms with van der Waals surface area (Å²) in [5.41, 5.74) is 14.9. The summed E-state index contributed by atoms with van der Waals surface area (Å²) in [7, 11) is 1.93. The average molecular weight is 270 g/mol. The molecule has 0 aliphatic heterocycles. The second-order valence-corrected chi connectivity index (χ2v) is 4.76. The van der Waals surface area contributed by atoms with Crippen LogP contribution < -0.4 is 16.4 Å². The summed E-state index contributed by atoms with van der Waals surface area (Å²) in [6, 6.07) is 11.0. The van der Waals surface area contributed by atoms with Crippen molar-refractivity contribution < 1.29 is 4.79 Å². The average Bonchev–Trinajstić information content (AvgIpc) is 2.38. The second kappa shape index (κ2) is 5.61. The van der Waals surface area contributed by atoms with Gasteiger partial charge in [0.2, 0.25) is 5.91 Å². The SMILES string of the molecule is Cc1cccc(CN(C)c2ccc(C(N)=O)cc2N)n1. The standard InChI is InChI=1S/C15H18N4O/c1-10-4-3-5-12(18-10)9-19(2)14-7-6-11(15(17)20)8-13(14)16/h3-8H,9,16H2,1-2H3,(H2,17,20). The first-order chi connectivity index (χ1) is 9.47. The van der Waals surface area contributed by atoms with Crippen molar-refractivity contribution in [3.8, 4) is 0 Å². The van der Waals surface area contributed by atoms with Crippen molar-refractivity contribution in [2.45, 2.75) is 13.5 Å². The number of primary amides is 1. The van der Waals surface area contributed by atoms with E-state index < -0.39 is 5.91 Å². The third-order valence-electron chi connectivity index (χ3n) is 3.07. The summed E-state index contributed by atoms with van der Waals surface area (Å²) in [6.07, 6.45) is 0. The van der Waals surface area contributed by atoms with Gasteiger partial charge in [-0.1, -0.05) is 6.07 Å². The number of aromatic nitrogens is 1. The Balaban J connectivity index is 2.21. The number of carbonyl (C=O) groups is 1. The molecule has 0 saturated heterocycles. The number of aryl methyl sites for hydroxylation is 1. The van der Waals surface area contributed by atoms with Crippen molar-refractivity contribution in [1.29, 1.82) is 0 Å². The maximum Gasteiger partial charge on any atom is 0.248 e. The molecule has 104 valence electrons. The van der Waals surface area contributed by atoms with Crippen molar-refractivity contribution in [3.05, 3.63) is 53.3 Å². The van der Waals surface area contributed by atoms with E-state index in [0.29, 0.717) is 17.8 Å². The zero-order chi connectivity index (χ0) is 14.7. The number of nitrogens with zero attached hydrogens (tertiary/aromatic N) is 2. The van der Waals surface area contributed by atoms with Gasteiger partial charge < -0.3 is 16.4 Å². The van der Waals surface area contributed by atoms with Gasteiger partial charge in [0.05, 0.1) is 23.6 Å². The summed E-state index contributed by atoms with van der Waals surface area (Å²) in [4.78, 5) is 17.6. The molecule has 5 heteroatoms. The lowest BCUT2D eigenvalue weighted by Gasteiger charge is -2.21. The van der Waals surface area contributed by atoms with Crippen LogP contribution in [0.25, 0.3) is 0 Å². The van der Waals surface area contributed by atoms with Crippen LogP contribution in [-0.2, 0) is 6.54 Å². The van der Waals surface area contributed by atoms with Crippen LogP contribution in [0.4, 0.5) is 11.4 Å². The van der Waals surface area contributed by atoms with Gasteiger partial charge in [-0.15, -0.1) is 0 Å². The van der Waals surface area contributed by atoms with E-state index in [1.54, 1.807) is 18.2 Å². The highest BCUT2D eigenvalue weighted by molar-refractivity contribution is 5.94. The van der Waals surface area contributed by atoms with Crippen LogP contribution in [0.3, 0.4) is 0 Å². The lowest BCUT2D eigenvalue weighted by Crippen LogP contribution is -2.19. The number of benzene rings is 1. The molecule has 0 atom stereocenters. The monoisotopic (exact) mass is 270 g/mol. The molecule has 5 nitrogen and oxygen atoms in total. The number of anilines is 2. The number of nitrogen functional groups attached to an aromatic ring is 1. The molecule has 1 aromatic heterocycles. The van der Waals surface area contributed by atoms with Gasteiger partial charge in [-0.2, -0.15) is 0 Å². The highest BCUT2D eigenvalue weighted by Crippen LogP contribution is 2.24.